The van der Waals surface area contributed by atoms with Crippen LogP contribution in [0.1, 0.15) is 18.9 Å². The predicted molar refractivity (Wildman–Crippen MR) is 143 cm³/mol. The number of anilines is 1. The molecule has 1 heterocycles. The molecule has 168 valence electrons. The molecule has 4 rings (SSSR count). The van der Waals surface area contributed by atoms with Crippen molar-refractivity contribution in [2.45, 2.75) is 13.3 Å². The van der Waals surface area contributed by atoms with Crippen molar-refractivity contribution in [1.29, 1.82) is 0 Å². The van der Waals surface area contributed by atoms with E-state index in [0.29, 0.717) is 38.1 Å². The molecule has 4 nitrogen and oxygen atoms in total. The molecular weight excluding hydrogens is 543 g/mol. The molecule has 33 heavy (non-hydrogen) atoms. The molecule has 0 saturated carbocycles. The third-order valence-electron chi connectivity index (χ3n) is 4.66. The summed E-state index contributed by atoms with van der Waals surface area (Å²) in [5.41, 5.74) is 2.28. The van der Waals surface area contributed by atoms with Crippen molar-refractivity contribution in [3.8, 4) is 5.75 Å². The number of rotatable bonds is 6. The van der Waals surface area contributed by atoms with Gasteiger partial charge in [-0.15, -0.1) is 0 Å². The number of amidine groups is 1. The highest BCUT2D eigenvalue weighted by atomic mass is 79.9. The van der Waals surface area contributed by atoms with E-state index in [1.54, 1.807) is 41.3 Å². The Balaban J connectivity index is 1.70. The predicted octanol–water partition coefficient (Wildman–Crippen LogP) is 8.35. The first kappa shape index (κ1) is 23.9. The van der Waals surface area contributed by atoms with Gasteiger partial charge in [-0.2, -0.15) is 0 Å². The Morgan fingerprint density at radius 2 is 1.70 bits per heavy atom. The Morgan fingerprint density at radius 1 is 1.03 bits per heavy atom. The Hall–Kier alpha value is -2.25. The molecule has 8 heteroatoms. The molecule has 1 amide bonds. The number of hydrogen-bond acceptors (Lipinski definition) is 4. The number of carbonyl (C=O) groups excluding carboxylic acids is 1. The number of nitrogens with zero attached hydrogens (tertiary/aromatic N) is 2. The van der Waals surface area contributed by atoms with Crippen molar-refractivity contribution < 1.29 is 9.53 Å². The van der Waals surface area contributed by atoms with E-state index in [0.717, 1.165) is 22.2 Å². The van der Waals surface area contributed by atoms with Gasteiger partial charge in [0.1, 0.15) is 5.75 Å². The van der Waals surface area contributed by atoms with Gasteiger partial charge in [0.2, 0.25) is 0 Å². The third kappa shape index (κ3) is 5.82. The molecule has 3 aromatic rings. The van der Waals surface area contributed by atoms with Gasteiger partial charge in [-0.25, -0.2) is 4.99 Å². The van der Waals surface area contributed by atoms with Crippen LogP contribution in [-0.2, 0) is 4.79 Å². The summed E-state index contributed by atoms with van der Waals surface area (Å²) in [6.45, 7) is 2.71. The number of carbonyl (C=O) groups is 1. The Bertz CT molecular complexity index is 1230. The molecule has 0 radical (unpaired) electrons. The molecule has 1 aliphatic rings. The molecular formula is C25H19BrCl2N2O2S. The lowest BCUT2D eigenvalue weighted by Gasteiger charge is -2.15. The standard InChI is InChI=1S/C25H19BrCl2N2O2S/c1-2-13-32-22-12-3-16(14-21(22)26)15-23-24(31)30(20-10-6-18(28)7-11-20)25(33-23)29-19-8-4-17(27)5-9-19/h3-12,14-15H,2,13H2,1H3/b23-15-,29-25?. The number of thioether (sulfide) groups is 1. The van der Waals surface area contributed by atoms with Crippen LogP contribution < -0.4 is 9.64 Å². The molecule has 0 spiro atoms. The first-order chi connectivity index (χ1) is 15.9. The SMILES string of the molecule is CCCOc1ccc(/C=C2\SC(=Nc3ccc(Cl)cc3)N(c3ccc(Cl)cc3)C2=O)cc1Br. The summed E-state index contributed by atoms with van der Waals surface area (Å²) in [5, 5.41) is 1.78. The number of aliphatic imine (C=N–C) groups is 1. The lowest BCUT2D eigenvalue weighted by atomic mass is 10.2. The molecule has 0 N–H and O–H groups in total. The maximum atomic E-state index is 13.4. The highest BCUT2D eigenvalue weighted by molar-refractivity contribution is 9.10. The van der Waals surface area contributed by atoms with Crippen LogP contribution in [0.4, 0.5) is 11.4 Å². The summed E-state index contributed by atoms with van der Waals surface area (Å²) in [6, 6.07) is 20.0. The molecule has 0 unspecified atom stereocenters. The highest BCUT2D eigenvalue weighted by Crippen LogP contribution is 2.38. The van der Waals surface area contributed by atoms with E-state index >= 15 is 0 Å². The van der Waals surface area contributed by atoms with Crippen LogP contribution in [0, 0.1) is 0 Å². The van der Waals surface area contributed by atoms with Crippen LogP contribution >= 0.6 is 50.9 Å². The summed E-state index contributed by atoms with van der Waals surface area (Å²) >= 11 is 16.9. The van der Waals surface area contributed by atoms with Gasteiger partial charge in [-0.1, -0.05) is 36.2 Å². The van der Waals surface area contributed by atoms with Gasteiger partial charge in [0, 0.05) is 10.0 Å². The van der Waals surface area contributed by atoms with Crippen LogP contribution in [0.5, 0.6) is 5.75 Å². The summed E-state index contributed by atoms with van der Waals surface area (Å²) in [4.78, 5) is 20.3. The van der Waals surface area contributed by atoms with Crippen LogP contribution in [0.3, 0.4) is 0 Å². The van der Waals surface area contributed by atoms with Crippen LogP contribution in [0.25, 0.3) is 6.08 Å². The lowest BCUT2D eigenvalue weighted by Crippen LogP contribution is -2.28. The van der Waals surface area contributed by atoms with Crippen LogP contribution in [-0.4, -0.2) is 17.7 Å². The van der Waals surface area contributed by atoms with E-state index in [4.69, 9.17) is 32.9 Å². The van der Waals surface area contributed by atoms with Crippen molar-refractivity contribution in [2.75, 3.05) is 11.5 Å². The zero-order valence-electron chi connectivity index (χ0n) is 17.6. The molecule has 1 aliphatic heterocycles. The Kier molecular flexibility index (Phi) is 7.81. The summed E-state index contributed by atoms with van der Waals surface area (Å²) < 4.78 is 6.56. The van der Waals surface area contributed by atoms with Gasteiger partial charge in [-0.3, -0.25) is 9.69 Å². The van der Waals surface area contributed by atoms with Crippen LogP contribution in [0.15, 0.2) is 81.1 Å². The fourth-order valence-electron chi connectivity index (χ4n) is 3.08. The molecule has 1 fully saturated rings. The van der Waals surface area contributed by atoms with E-state index in [1.807, 2.05) is 36.4 Å². The molecule has 0 aliphatic carbocycles. The quantitative estimate of drug-likeness (QED) is 0.284. The van der Waals surface area contributed by atoms with Crippen molar-refractivity contribution in [1.82, 2.24) is 0 Å². The second-order valence-electron chi connectivity index (χ2n) is 7.14. The largest absolute Gasteiger partial charge is 0.492 e. The maximum Gasteiger partial charge on any atom is 0.271 e. The Labute approximate surface area is 215 Å². The van der Waals surface area contributed by atoms with E-state index in [2.05, 4.69) is 22.9 Å². The minimum Gasteiger partial charge on any atom is -0.492 e. The first-order valence-electron chi connectivity index (χ1n) is 10.2. The van der Waals surface area contributed by atoms with Gasteiger partial charge in [0.15, 0.2) is 5.17 Å². The van der Waals surface area contributed by atoms with E-state index in [1.165, 1.54) is 11.8 Å². The van der Waals surface area contributed by atoms with Gasteiger partial charge in [0.05, 0.1) is 27.4 Å². The van der Waals surface area contributed by atoms with Gasteiger partial charge < -0.3 is 4.74 Å². The molecule has 0 atom stereocenters. The molecule has 0 aromatic heterocycles. The minimum atomic E-state index is -0.155. The summed E-state index contributed by atoms with van der Waals surface area (Å²) in [6.07, 6.45) is 2.79. The minimum absolute atomic E-state index is 0.155. The number of benzene rings is 3. The second-order valence-corrected chi connectivity index (χ2v) is 9.87. The topological polar surface area (TPSA) is 41.9 Å². The smallest absolute Gasteiger partial charge is 0.271 e. The highest BCUT2D eigenvalue weighted by Gasteiger charge is 2.34. The molecule has 1 saturated heterocycles. The number of halogens is 3. The average molecular weight is 562 g/mol. The van der Waals surface area contributed by atoms with Crippen molar-refractivity contribution in [3.05, 3.63) is 91.7 Å². The molecule has 0 bridgehead atoms. The summed E-state index contributed by atoms with van der Waals surface area (Å²) in [5.74, 6) is 0.620. The van der Waals surface area contributed by atoms with E-state index < -0.39 is 0 Å². The van der Waals surface area contributed by atoms with E-state index in [-0.39, 0.29) is 5.91 Å². The Morgan fingerprint density at radius 3 is 2.33 bits per heavy atom. The number of hydrogen-bond donors (Lipinski definition) is 0. The zero-order valence-corrected chi connectivity index (χ0v) is 21.5. The summed E-state index contributed by atoms with van der Waals surface area (Å²) in [7, 11) is 0. The fourth-order valence-corrected chi connectivity index (χ4v) is 4.84. The maximum absolute atomic E-state index is 13.4. The van der Waals surface area contributed by atoms with Gasteiger partial charge in [-0.05, 0) is 106 Å². The monoisotopic (exact) mass is 560 g/mol. The fraction of sp³-hybridized carbons (Fsp3) is 0.120. The molecule has 3 aromatic carbocycles. The second kappa shape index (κ2) is 10.8. The van der Waals surface area contributed by atoms with Gasteiger partial charge >= 0.3 is 0 Å². The van der Waals surface area contributed by atoms with Crippen molar-refractivity contribution in [3.63, 3.8) is 0 Å². The van der Waals surface area contributed by atoms with E-state index in [9.17, 15) is 4.79 Å². The van der Waals surface area contributed by atoms with Gasteiger partial charge in [0.25, 0.3) is 5.91 Å². The number of amides is 1. The van der Waals surface area contributed by atoms with Crippen molar-refractivity contribution >= 4 is 79.4 Å². The lowest BCUT2D eigenvalue weighted by molar-refractivity contribution is -0.113. The zero-order chi connectivity index (χ0) is 23.4. The normalized spacial score (nSPS) is 16.1. The van der Waals surface area contributed by atoms with Crippen molar-refractivity contribution in [2.24, 2.45) is 4.99 Å². The first-order valence-corrected chi connectivity index (χ1v) is 12.6. The van der Waals surface area contributed by atoms with Crippen LogP contribution in [0.2, 0.25) is 10.0 Å². The average Bonchev–Trinajstić information content (AvgIpc) is 3.10. The number of ether oxygens (including phenoxy) is 1. The third-order valence-corrected chi connectivity index (χ3v) is 6.75.